The number of nitrogens with two attached hydrogens (primary N) is 1. The van der Waals surface area contributed by atoms with E-state index in [1.165, 1.54) is 18.2 Å². The van der Waals surface area contributed by atoms with E-state index in [0.717, 1.165) is 19.0 Å². The Balaban J connectivity index is 1.69. The molecule has 1 fully saturated rings. The topological polar surface area (TPSA) is 144 Å². The predicted octanol–water partition coefficient (Wildman–Crippen LogP) is 2.07. The highest BCUT2D eigenvalue weighted by molar-refractivity contribution is 7.91. The number of carbonyl (C=O) groups excluding carboxylic acids is 1. The molecule has 3 N–H and O–H groups in total. The standard InChI is InChI=1S/C20H23N5O5S/c1-2-5-15(9-10-22-27)20(26)25-11-4-6-14(12-25)13-30-17-8-3-7-16-18(17)19(21)24-31(28,29)23-16/h2-3,5,7-10,14,23H,1,4,6,11-13H2,(H2,21,24)/b10-9-,15-5+/t14-/m0/s1. The Morgan fingerprint density at radius 3 is 3.00 bits per heavy atom. The Morgan fingerprint density at radius 2 is 2.26 bits per heavy atom. The average Bonchev–Trinajstić information content (AvgIpc) is 2.73. The van der Waals surface area contributed by atoms with E-state index in [1.807, 2.05) is 0 Å². The van der Waals surface area contributed by atoms with Crippen LogP contribution in [-0.4, -0.2) is 44.8 Å². The second-order valence-electron chi connectivity index (χ2n) is 7.08. The minimum atomic E-state index is -3.86. The molecule has 164 valence electrons. The summed E-state index contributed by atoms with van der Waals surface area (Å²) in [6.45, 7) is 4.97. The van der Waals surface area contributed by atoms with Crippen LogP contribution in [0, 0.1) is 10.8 Å². The number of anilines is 1. The number of ether oxygens (including phenoxy) is 1. The highest BCUT2D eigenvalue weighted by atomic mass is 32.2. The Kier molecular flexibility index (Phi) is 6.85. The van der Waals surface area contributed by atoms with Crippen LogP contribution >= 0.6 is 0 Å². The van der Waals surface area contributed by atoms with Gasteiger partial charge in [-0.3, -0.25) is 9.52 Å². The number of amidine groups is 1. The zero-order valence-corrected chi connectivity index (χ0v) is 17.5. The predicted molar refractivity (Wildman–Crippen MR) is 118 cm³/mol. The first-order valence-electron chi connectivity index (χ1n) is 9.60. The number of hydrogen-bond donors (Lipinski definition) is 2. The Labute approximate surface area is 180 Å². The summed E-state index contributed by atoms with van der Waals surface area (Å²) < 4.78 is 35.2. The van der Waals surface area contributed by atoms with E-state index in [4.69, 9.17) is 10.5 Å². The maximum absolute atomic E-state index is 12.8. The first-order chi connectivity index (χ1) is 14.8. The largest absolute Gasteiger partial charge is 0.492 e. The molecule has 1 saturated heterocycles. The summed E-state index contributed by atoms with van der Waals surface area (Å²) in [5, 5.41) is 2.65. The van der Waals surface area contributed by atoms with Gasteiger partial charge in [-0.25, -0.2) is 0 Å². The SMILES string of the molecule is C=C/C=C(\C=C/N=O)C(=O)N1CCC[C@H](COc2cccc3c2C(N)=NS(=O)(=O)N3)C1. The Bertz CT molecular complexity index is 1080. The molecule has 2 aliphatic heterocycles. The van der Waals surface area contributed by atoms with Gasteiger partial charge in [0.2, 0.25) is 0 Å². The number of likely N-dealkylation sites (tertiary alicyclic amines) is 1. The van der Waals surface area contributed by atoms with Gasteiger partial charge in [0.1, 0.15) is 5.75 Å². The number of carbonyl (C=O) groups is 1. The number of piperidine rings is 1. The van der Waals surface area contributed by atoms with Crippen LogP contribution in [0.1, 0.15) is 18.4 Å². The molecular formula is C20H23N5O5S. The van der Waals surface area contributed by atoms with Crippen LogP contribution in [-0.2, 0) is 15.0 Å². The summed E-state index contributed by atoms with van der Waals surface area (Å²) in [5.41, 5.74) is 6.86. The lowest BCUT2D eigenvalue weighted by Crippen LogP contribution is -2.42. The van der Waals surface area contributed by atoms with Crippen LogP contribution in [0.15, 0.2) is 64.4 Å². The van der Waals surface area contributed by atoms with Gasteiger partial charge in [-0.05, 0) is 42.3 Å². The van der Waals surface area contributed by atoms with Crippen molar-refractivity contribution < 1.29 is 17.9 Å². The molecule has 0 spiro atoms. The molecule has 3 rings (SSSR count). The summed E-state index contributed by atoms with van der Waals surface area (Å²) in [4.78, 5) is 24.8. The fourth-order valence-corrected chi connectivity index (χ4v) is 4.39. The van der Waals surface area contributed by atoms with Gasteiger partial charge in [0.05, 0.1) is 24.1 Å². The van der Waals surface area contributed by atoms with E-state index in [0.29, 0.717) is 42.3 Å². The average molecular weight is 446 g/mol. The van der Waals surface area contributed by atoms with Crippen LogP contribution in [0.25, 0.3) is 0 Å². The van der Waals surface area contributed by atoms with Crippen LogP contribution in [0.2, 0.25) is 0 Å². The van der Waals surface area contributed by atoms with Crippen molar-refractivity contribution in [2.75, 3.05) is 24.4 Å². The monoisotopic (exact) mass is 445 g/mol. The molecule has 31 heavy (non-hydrogen) atoms. The number of rotatable bonds is 7. The summed E-state index contributed by atoms with van der Waals surface area (Å²) >= 11 is 0. The molecule has 0 unspecified atom stereocenters. The minimum absolute atomic E-state index is 0.0603. The number of allylic oxidation sites excluding steroid dienone is 2. The lowest BCUT2D eigenvalue weighted by molar-refractivity contribution is -0.128. The fourth-order valence-electron chi connectivity index (χ4n) is 3.55. The van der Waals surface area contributed by atoms with Gasteiger partial charge in [0, 0.05) is 24.6 Å². The smallest absolute Gasteiger partial charge is 0.344 e. The molecule has 0 radical (unpaired) electrons. The van der Waals surface area contributed by atoms with Gasteiger partial charge in [0.25, 0.3) is 5.91 Å². The van der Waals surface area contributed by atoms with Gasteiger partial charge in [-0.1, -0.05) is 18.7 Å². The number of nitrogens with zero attached hydrogens (tertiary/aromatic N) is 3. The molecule has 1 aromatic carbocycles. The molecular weight excluding hydrogens is 422 g/mol. The lowest BCUT2D eigenvalue weighted by atomic mass is 9.98. The van der Waals surface area contributed by atoms with Crippen molar-refractivity contribution in [3.05, 3.63) is 65.2 Å². The third kappa shape index (κ3) is 5.37. The molecule has 0 aromatic heterocycles. The number of benzene rings is 1. The number of nitrogens with one attached hydrogen (secondary N) is 1. The van der Waals surface area contributed by atoms with E-state index in [2.05, 4.69) is 20.9 Å². The summed E-state index contributed by atoms with van der Waals surface area (Å²) in [5.74, 6) is 0.119. The minimum Gasteiger partial charge on any atom is -0.492 e. The van der Waals surface area contributed by atoms with Crippen molar-refractivity contribution in [2.45, 2.75) is 12.8 Å². The van der Waals surface area contributed by atoms with Gasteiger partial charge < -0.3 is 15.4 Å². The molecule has 0 saturated carbocycles. The van der Waals surface area contributed by atoms with Gasteiger partial charge in [-0.2, -0.15) is 8.42 Å². The molecule has 11 heteroatoms. The van der Waals surface area contributed by atoms with Gasteiger partial charge in [-0.15, -0.1) is 9.30 Å². The van der Waals surface area contributed by atoms with Crippen molar-refractivity contribution in [3.8, 4) is 5.75 Å². The summed E-state index contributed by atoms with van der Waals surface area (Å²) in [7, 11) is -3.86. The quantitative estimate of drug-likeness (QED) is 0.374. The zero-order chi connectivity index (χ0) is 22.4. The second kappa shape index (κ2) is 9.56. The first-order valence-corrected chi connectivity index (χ1v) is 11.0. The van der Waals surface area contributed by atoms with E-state index in [1.54, 1.807) is 23.1 Å². The third-order valence-corrected chi connectivity index (χ3v) is 5.79. The van der Waals surface area contributed by atoms with Crippen molar-refractivity contribution in [1.29, 1.82) is 0 Å². The third-order valence-electron chi connectivity index (χ3n) is 4.88. The molecule has 1 aromatic rings. The van der Waals surface area contributed by atoms with Crippen molar-refractivity contribution >= 4 is 27.6 Å². The van der Waals surface area contributed by atoms with E-state index in [9.17, 15) is 18.1 Å². The number of hydrogen-bond acceptors (Lipinski definition) is 7. The lowest BCUT2D eigenvalue weighted by Gasteiger charge is -2.33. The number of nitroso groups, excluding NO2 is 1. The van der Waals surface area contributed by atoms with E-state index >= 15 is 0 Å². The molecule has 0 bridgehead atoms. The van der Waals surface area contributed by atoms with Gasteiger partial charge >= 0.3 is 10.2 Å². The molecule has 0 aliphatic carbocycles. The maximum Gasteiger partial charge on any atom is 0.344 e. The molecule has 1 amide bonds. The van der Waals surface area contributed by atoms with Gasteiger partial charge in [0.15, 0.2) is 5.84 Å². The molecule has 1 atom stereocenters. The van der Waals surface area contributed by atoms with Crippen LogP contribution in [0.4, 0.5) is 5.69 Å². The van der Waals surface area contributed by atoms with E-state index in [-0.39, 0.29) is 17.7 Å². The van der Waals surface area contributed by atoms with Crippen LogP contribution < -0.4 is 15.2 Å². The Morgan fingerprint density at radius 1 is 1.45 bits per heavy atom. The van der Waals surface area contributed by atoms with Crippen molar-refractivity contribution in [1.82, 2.24) is 4.90 Å². The fraction of sp³-hybridized carbons (Fsp3) is 0.300. The van der Waals surface area contributed by atoms with Crippen molar-refractivity contribution in [2.24, 2.45) is 21.2 Å². The number of fused-ring (bicyclic) bond motifs is 1. The normalized spacial score (nSPS) is 20.4. The molecule has 2 aliphatic rings. The van der Waals surface area contributed by atoms with Crippen molar-refractivity contribution in [3.63, 3.8) is 0 Å². The highest BCUT2D eigenvalue weighted by Gasteiger charge is 2.27. The molecule has 2 heterocycles. The first kappa shape index (κ1) is 22.2. The Hall–Kier alpha value is -3.47. The van der Waals surface area contributed by atoms with E-state index < -0.39 is 10.2 Å². The highest BCUT2D eigenvalue weighted by Crippen LogP contribution is 2.31. The van der Waals surface area contributed by atoms with Crippen LogP contribution in [0.3, 0.4) is 0 Å². The summed E-state index contributed by atoms with van der Waals surface area (Å²) in [6, 6.07) is 4.93. The maximum atomic E-state index is 12.8. The second-order valence-corrected chi connectivity index (χ2v) is 8.42. The molecule has 10 nitrogen and oxygen atoms in total. The summed E-state index contributed by atoms with van der Waals surface area (Å²) in [6.07, 6.45) is 7.05. The van der Waals surface area contributed by atoms with Crippen LogP contribution in [0.5, 0.6) is 5.75 Å². The zero-order valence-electron chi connectivity index (χ0n) is 16.7. The number of amides is 1.